The molecule has 4 aromatic rings. The lowest BCUT2D eigenvalue weighted by Crippen LogP contribution is -2.31. The third-order valence-electron chi connectivity index (χ3n) is 5.49. The predicted molar refractivity (Wildman–Crippen MR) is 130 cm³/mol. The van der Waals surface area contributed by atoms with E-state index < -0.39 is 5.82 Å². The average Bonchev–Trinajstić information content (AvgIpc) is 3.29. The summed E-state index contributed by atoms with van der Waals surface area (Å²) in [6, 6.07) is 25.7. The second-order valence-corrected chi connectivity index (χ2v) is 8.61. The minimum atomic E-state index is -0.441. The normalized spacial score (nSPS) is 11.7. The zero-order valence-corrected chi connectivity index (χ0v) is 19.8. The van der Waals surface area contributed by atoms with Crippen LogP contribution in [0.1, 0.15) is 24.4 Å². The van der Waals surface area contributed by atoms with E-state index in [0.29, 0.717) is 11.0 Å². The molecule has 4 rings (SSSR count). The number of nitrogens with zero attached hydrogens (tertiary/aromatic N) is 4. The maximum absolute atomic E-state index is 14.0. The van der Waals surface area contributed by atoms with Crippen molar-refractivity contribution in [2.24, 2.45) is 0 Å². The Morgan fingerprint density at radius 1 is 1.00 bits per heavy atom. The number of benzene rings is 3. The van der Waals surface area contributed by atoms with Gasteiger partial charge < -0.3 is 9.64 Å². The van der Waals surface area contributed by atoms with Gasteiger partial charge in [-0.15, -0.1) is 10.2 Å². The average molecular weight is 477 g/mol. The minimum Gasteiger partial charge on any atom is -0.483 e. The van der Waals surface area contributed by atoms with Crippen LogP contribution in [0.2, 0.25) is 0 Å². The molecule has 0 saturated carbocycles. The second-order valence-electron chi connectivity index (χ2n) is 7.67. The third-order valence-corrected chi connectivity index (χ3v) is 6.40. The summed E-state index contributed by atoms with van der Waals surface area (Å²) in [6.45, 7) is 2.03. The molecule has 1 atom stereocenters. The van der Waals surface area contributed by atoms with Gasteiger partial charge in [-0.1, -0.05) is 72.4 Å². The Kier molecular flexibility index (Phi) is 7.59. The Balaban J connectivity index is 1.50. The highest BCUT2D eigenvalue weighted by Crippen LogP contribution is 2.25. The summed E-state index contributed by atoms with van der Waals surface area (Å²) < 4.78 is 21.5. The molecule has 0 unspecified atom stereocenters. The number of para-hydroxylation sites is 2. The number of hydrogen-bond acceptors (Lipinski definition) is 5. The van der Waals surface area contributed by atoms with E-state index in [1.165, 1.54) is 17.8 Å². The van der Waals surface area contributed by atoms with Crippen molar-refractivity contribution in [1.82, 2.24) is 19.7 Å². The third kappa shape index (κ3) is 5.46. The van der Waals surface area contributed by atoms with E-state index in [1.54, 1.807) is 30.1 Å². The van der Waals surface area contributed by atoms with Gasteiger partial charge in [0, 0.05) is 12.7 Å². The fraction of sp³-hybridized carbons (Fsp3) is 0.192. The van der Waals surface area contributed by atoms with E-state index >= 15 is 0 Å². The molecule has 174 valence electrons. The van der Waals surface area contributed by atoms with Crippen molar-refractivity contribution in [2.45, 2.75) is 24.7 Å². The highest BCUT2D eigenvalue weighted by molar-refractivity contribution is 7.99. The molecule has 0 saturated heterocycles. The lowest BCUT2D eigenvalue weighted by atomic mass is 10.1. The van der Waals surface area contributed by atoms with Gasteiger partial charge in [0.1, 0.15) is 6.61 Å². The molecule has 8 heteroatoms. The van der Waals surface area contributed by atoms with Crippen molar-refractivity contribution in [3.8, 4) is 11.4 Å². The first kappa shape index (κ1) is 23.5. The highest BCUT2D eigenvalue weighted by Gasteiger charge is 2.21. The summed E-state index contributed by atoms with van der Waals surface area (Å²) in [4.78, 5) is 14.6. The van der Waals surface area contributed by atoms with Crippen LogP contribution in [-0.4, -0.2) is 38.4 Å². The van der Waals surface area contributed by atoms with E-state index in [-0.39, 0.29) is 30.1 Å². The van der Waals surface area contributed by atoms with Crippen LogP contribution in [0.4, 0.5) is 4.39 Å². The molecule has 1 heterocycles. The van der Waals surface area contributed by atoms with Gasteiger partial charge in [0.2, 0.25) is 5.91 Å². The molecule has 3 aromatic carbocycles. The van der Waals surface area contributed by atoms with Crippen LogP contribution in [-0.2, 0) is 11.4 Å². The van der Waals surface area contributed by atoms with Crippen LogP contribution in [0, 0.1) is 5.82 Å². The maximum atomic E-state index is 14.0. The number of thioether (sulfide) groups is 1. The molecule has 6 nitrogen and oxygen atoms in total. The van der Waals surface area contributed by atoms with Crippen molar-refractivity contribution >= 4 is 17.7 Å². The van der Waals surface area contributed by atoms with Gasteiger partial charge in [-0.3, -0.25) is 9.36 Å². The highest BCUT2D eigenvalue weighted by atomic mass is 32.2. The molecule has 1 amide bonds. The summed E-state index contributed by atoms with van der Waals surface area (Å²) in [7, 11) is 1.80. The molecule has 0 aliphatic carbocycles. The molecule has 0 fully saturated rings. The van der Waals surface area contributed by atoms with Gasteiger partial charge in [-0.2, -0.15) is 0 Å². The number of halogens is 1. The Hall–Kier alpha value is -3.65. The van der Waals surface area contributed by atoms with Crippen molar-refractivity contribution in [2.75, 3.05) is 12.8 Å². The number of ether oxygens (including phenoxy) is 1. The van der Waals surface area contributed by atoms with Gasteiger partial charge in [-0.25, -0.2) is 4.39 Å². The molecular formula is C26H25FN4O2S. The van der Waals surface area contributed by atoms with Crippen LogP contribution in [0.15, 0.2) is 90.1 Å². The number of carbonyl (C=O) groups is 1. The number of amides is 1. The lowest BCUT2D eigenvalue weighted by molar-refractivity contribution is -0.128. The molecule has 0 aliphatic rings. The number of aromatic nitrogens is 3. The first-order chi connectivity index (χ1) is 16.5. The van der Waals surface area contributed by atoms with Crippen LogP contribution in [0.25, 0.3) is 5.69 Å². The van der Waals surface area contributed by atoms with Gasteiger partial charge in [0.05, 0.1) is 11.8 Å². The first-order valence-corrected chi connectivity index (χ1v) is 11.8. The van der Waals surface area contributed by atoms with Crippen LogP contribution in [0.5, 0.6) is 5.75 Å². The molecule has 0 spiro atoms. The maximum Gasteiger partial charge on any atom is 0.233 e. The van der Waals surface area contributed by atoms with Crippen LogP contribution >= 0.6 is 11.8 Å². The van der Waals surface area contributed by atoms with Crippen LogP contribution < -0.4 is 4.74 Å². The smallest absolute Gasteiger partial charge is 0.233 e. The lowest BCUT2D eigenvalue weighted by Gasteiger charge is -2.25. The molecular weight excluding hydrogens is 451 g/mol. The fourth-order valence-corrected chi connectivity index (χ4v) is 4.32. The molecule has 0 bridgehead atoms. The predicted octanol–water partition coefficient (Wildman–Crippen LogP) is 5.30. The Morgan fingerprint density at radius 2 is 1.65 bits per heavy atom. The SMILES string of the molecule is C[C@H](c1ccccc1)N(C)C(=O)CSc1nnc(COc2ccccc2F)n1-c1ccccc1. The largest absolute Gasteiger partial charge is 0.483 e. The minimum absolute atomic E-state index is 0.0203. The number of carbonyl (C=O) groups excluding carboxylic acids is 1. The summed E-state index contributed by atoms with van der Waals surface area (Å²) in [5, 5.41) is 9.12. The standard InChI is InChI=1S/C26H25FN4O2S/c1-19(20-11-5-3-6-12-20)30(2)25(32)18-34-26-29-28-24(31(26)21-13-7-4-8-14-21)17-33-23-16-10-9-15-22(23)27/h3-16,19H,17-18H2,1-2H3/t19-/m1/s1. The monoisotopic (exact) mass is 476 g/mol. The summed E-state index contributed by atoms with van der Waals surface area (Å²) in [6.07, 6.45) is 0. The topological polar surface area (TPSA) is 60.3 Å². The van der Waals surface area contributed by atoms with E-state index in [9.17, 15) is 9.18 Å². The fourth-order valence-electron chi connectivity index (χ4n) is 3.43. The molecule has 0 radical (unpaired) electrons. The van der Waals surface area contributed by atoms with Gasteiger partial charge in [0.25, 0.3) is 0 Å². The first-order valence-electron chi connectivity index (χ1n) is 10.8. The van der Waals surface area contributed by atoms with Crippen molar-refractivity contribution in [1.29, 1.82) is 0 Å². The van der Waals surface area contributed by atoms with Crippen molar-refractivity contribution in [3.05, 3.63) is 102 Å². The molecule has 34 heavy (non-hydrogen) atoms. The quantitative estimate of drug-likeness (QED) is 0.307. The van der Waals surface area contributed by atoms with E-state index in [1.807, 2.05) is 72.2 Å². The van der Waals surface area contributed by atoms with E-state index in [0.717, 1.165) is 11.3 Å². The van der Waals surface area contributed by atoms with Gasteiger partial charge in [0.15, 0.2) is 22.5 Å². The summed E-state index contributed by atoms with van der Waals surface area (Å²) in [5.74, 6) is 0.394. The molecule has 1 aromatic heterocycles. The van der Waals surface area contributed by atoms with E-state index in [2.05, 4.69) is 10.2 Å². The second kappa shape index (κ2) is 11.0. The molecule has 0 aliphatic heterocycles. The van der Waals surface area contributed by atoms with E-state index in [4.69, 9.17) is 4.74 Å². The Morgan fingerprint density at radius 3 is 2.35 bits per heavy atom. The van der Waals surface area contributed by atoms with Gasteiger partial charge >= 0.3 is 0 Å². The van der Waals surface area contributed by atoms with Crippen molar-refractivity contribution < 1.29 is 13.9 Å². The summed E-state index contributed by atoms with van der Waals surface area (Å²) in [5.41, 5.74) is 1.91. The summed E-state index contributed by atoms with van der Waals surface area (Å²) >= 11 is 1.31. The zero-order chi connectivity index (χ0) is 23.9. The number of hydrogen-bond donors (Lipinski definition) is 0. The Bertz CT molecular complexity index is 1230. The zero-order valence-electron chi connectivity index (χ0n) is 19.0. The Labute approximate surface area is 202 Å². The van der Waals surface area contributed by atoms with Crippen LogP contribution in [0.3, 0.4) is 0 Å². The van der Waals surface area contributed by atoms with Crippen molar-refractivity contribution in [3.63, 3.8) is 0 Å². The molecule has 0 N–H and O–H groups in total. The number of rotatable bonds is 9. The van der Waals surface area contributed by atoms with Gasteiger partial charge in [-0.05, 0) is 36.8 Å².